The zero-order chi connectivity index (χ0) is 14.2. The highest BCUT2D eigenvalue weighted by molar-refractivity contribution is 5.73. The van der Waals surface area contributed by atoms with E-state index >= 15 is 0 Å². The Hall–Kier alpha value is -0.810. The van der Waals surface area contributed by atoms with Crippen LogP contribution in [0, 0.1) is 11.3 Å². The summed E-state index contributed by atoms with van der Waals surface area (Å²) in [6.07, 6.45) is -5.47. The van der Waals surface area contributed by atoms with Crippen LogP contribution in [0.5, 0.6) is 0 Å². The van der Waals surface area contributed by atoms with Gasteiger partial charge >= 0.3 is 12.1 Å². The van der Waals surface area contributed by atoms with Gasteiger partial charge in [0.05, 0.1) is 5.41 Å². The number of hydrogen-bond donors (Lipinski definition) is 1. The average molecular weight is 270 g/mol. The number of rotatable bonds is 3. The number of alkyl halides is 4. The second-order valence-corrected chi connectivity index (χ2v) is 5.80. The van der Waals surface area contributed by atoms with E-state index in [0.717, 1.165) is 0 Å². The molecule has 1 fully saturated rings. The molecule has 0 aromatic rings. The molecule has 0 saturated heterocycles. The van der Waals surface area contributed by atoms with E-state index in [9.17, 15) is 22.4 Å². The molecule has 1 N–H and O–H groups in total. The maximum atomic E-state index is 13.6. The quantitative estimate of drug-likeness (QED) is 0.788. The first kappa shape index (κ1) is 15.2. The lowest BCUT2D eigenvalue weighted by molar-refractivity contribution is -0.242. The normalized spacial score (nSPS) is 30.2. The molecule has 1 saturated carbocycles. The predicted octanol–water partition coefficient (Wildman–Crippen LogP) is 3.95. The summed E-state index contributed by atoms with van der Waals surface area (Å²) in [4.78, 5) is 10.9. The molecule has 18 heavy (non-hydrogen) atoms. The van der Waals surface area contributed by atoms with Crippen LogP contribution in [0.4, 0.5) is 17.6 Å². The number of carboxylic acid groups (broad SMARTS) is 1. The van der Waals surface area contributed by atoms with Crippen LogP contribution >= 0.6 is 0 Å². The van der Waals surface area contributed by atoms with Crippen LogP contribution in [0.2, 0.25) is 0 Å². The molecule has 0 radical (unpaired) electrons. The molecular weight excluding hydrogens is 252 g/mol. The first-order valence-electron chi connectivity index (χ1n) is 5.97. The van der Waals surface area contributed by atoms with Crippen molar-refractivity contribution in [2.75, 3.05) is 0 Å². The Morgan fingerprint density at radius 1 is 1.28 bits per heavy atom. The minimum Gasteiger partial charge on any atom is -0.481 e. The number of carbonyl (C=O) groups is 1. The zero-order valence-corrected chi connectivity index (χ0v) is 10.5. The van der Waals surface area contributed by atoms with Crippen LogP contribution < -0.4 is 0 Å². The maximum Gasteiger partial charge on any atom is 0.422 e. The highest BCUT2D eigenvalue weighted by atomic mass is 19.4. The molecule has 2 nitrogen and oxygen atoms in total. The highest BCUT2D eigenvalue weighted by Gasteiger charge is 2.56. The second-order valence-electron chi connectivity index (χ2n) is 5.80. The number of aliphatic carboxylic acids is 1. The van der Waals surface area contributed by atoms with E-state index in [1.54, 1.807) is 0 Å². The van der Waals surface area contributed by atoms with Crippen molar-refractivity contribution in [3.8, 4) is 0 Å². The van der Waals surface area contributed by atoms with E-state index in [-0.39, 0.29) is 25.2 Å². The zero-order valence-electron chi connectivity index (χ0n) is 10.5. The summed E-state index contributed by atoms with van der Waals surface area (Å²) in [7, 11) is 0. The average Bonchev–Trinajstić information content (AvgIpc) is 2.19. The standard InChI is InChI=1S/C12H18F4O2/c1-10(2,9(17)18)7-8-3-5-11(13,6-4-8)12(14,15)16/h8H,3-7H2,1-2H3,(H,17,18). The molecular formula is C12H18F4O2. The van der Waals surface area contributed by atoms with Crippen molar-refractivity contribution >= 4 is 5.97 Å². The molecule has 0 unspecified atom stereocenters. The Morgan fingerprint density at radius 2 is 1.72 bits per heavy atom. The van der Waals surface area contributed by atoms with E-state index in [0.29, 0.717) is 0 Å². The predicted molar refractivity (Wildman–Crippen MR) is 57.9 cm³/mol. The first-order valence-corrected chi connectivity index (χ1v) is 5.97. The van der Waals surface area contributed by atoms with Crippen molar-refractivity contribution in [2.45, 2.75) is 57.8 Å². The Labute approximate surface area is 103 Å². The summed E-state index contributed by atoms with van der Waals surface area (Å²) in [6.45, 7) is 3.08. The lowest BCUT2D eigenvalue weighted by atomic mass is 9.72. The van der Waals surface area contributed by atoms with E-state index in [1.807, 2.05) is 0 Å². The van der Waals surface area contributed by atoms with E-state index < -0.39 is 36.1 Å². The van der Waals surface area contributed by atoms with Gasteiger partial charge in [-0.1, -0.05) is 0 Å². The smallest absolute Gasteiger partial charge is 0.422 e. The van der Waals surface area contributed by atoms with Crippen molar-refractivity contribution in [3.05, 3.63) is 0 Å². The number of carboxylic acids is 1. The third-order valence-electron chi connectivity index (χ3n) is 3.78. The fourth-order valence-corrected chi connectivity index (χ4v) is 2.43. The van der Waals surface area contributed by atoms with Gasteiger partial charge in [-0.2, -0.15) is 13.2 Å². The summed E-state index contributed by atoms with van der Waals surface area (Å²) in [6, 6.07) is 0. The molecule has 0 amide bonds. The fourth-order valence-electron chi connectivity index (χ4n) is 2.43. The Kier molecular flexibility index (Phi) is 3.98. The third kappa shape index (κ3) is 3.14. The lowest BCUT2D eigenvalue weighted by Gasteiger charge is -2.37. The first-order chi connectivity index (χ1) is 7.98. The van der Waals surface area contributed by atoms with Gasteiger partial charge in [0.1, 0.15) is 0 Å². The van der Waals surface area contributed by atoms with Gasteiger partial charge in [0, 0.05) is 0 Å². The topological polar surface area (TPSA) is 37.3 Å². The van der Waals surface area contributed by atoms with Gasteiger partial charge in [-0.15, -0.1) is 0 Å². The molecule has 106 valence electrons. The maximum absolute atomic E-state index is 13.6. The van der Waals surface area contributed by atoms with Gasteiger partial charge in [-0.3, -0.25) is 4.79 Å². The van der Waals surface area contributed by atoms with Crippen LogP contribution in [0.1, 0.15) is 46.0 Å². The summed E-state index contributed by atoms with van der Waals surface area (Å²) in [5.74, 6) is -1.13. The van der Waals surface area contributed by atoms with Crippen molar-refractivity contribution in [2.24, 2.45) is 11.3 Å². The Balaban J connectivity index is 2.58. The minimum atomic E-state index is -4.82. The fraction of sp³-hybridized carbons (Fsp3) is 0.917. The minimum absolute atomic E-state index is 0.0900. The van der Waals surface area contributed by atoms with Crippen molar-refractivity contribution < 1.29 is 27.5 Å². The molecule has 0 aromatic heterocycles. The molecule has 0 spiro atoms. The summed E-state index contributed by atoms with van der Waals surface area (Å²) in [5.41, 5.74) is -4.06. The van der Waals surface area contributed by atoms with Crippen LogP contribution in [0.15, 0.2) is 0 Å². The van der Waals surface area contributed by atoms with Crippen molar-refractivity contribution in [3.63, 3.8) is 0 Å². The van der Waals surface area contributed by atoms with Crippen LogP contribution in [-0.4, -0.2) is 22.9 Å². The van der Waals surface area contributed by atoms with Crippen molar-refractivity contribution in [1.29, 1.82) is 0 Å². The van der Waals surface area contributed by atoms with E-state index in [4.69, 9.17) is 5.11 Å². The summed E-state index contributed by atoms with van der Waals surface area (Å²) < 4.78 is 51.0. The summed E-state index contributed by atoms with van der Waals surface area (Å²) >= 11 is 0. The third-order valence-corrected chi connectivity index (χ3v) is 3.78. The molecule has 0 bridgehead atoms. The molecule has 6 heteroatoms. The molecule has 1 aliphatic carbocycles. The van der Waals surface area contributed by atoms with Crippen LogP contribution in [0.25, 0.3) is 0 Å². The van der Waals surface area contributed by atoms with Gasteiger partial charge in [-0.05, 0) is 51.9 Å². The summed E-state index contributed by atoms with van der Waals surface area (Å²) in [5, 5.41) is 8.95. The number of halogens is 4. The second kappa shape index (κ2) is 4.70. The largest absolute Gasteiger partial charge is 0.481 e. The SMILES string of the molecule is CC(C)(CC1CCC(F)(C(F)(F)F)CC1)C(=O)O. The van der Waals surface area contributed by atoms with Gasteiger partial charge in [0.15, 0.2) is 0 Å². The molecule has 1 aliphatic rings. The van der Waals surface area contributed by atoms with Crippen LogP contribution in [0.3, 0.4) is 0 Å². The molecule has 1 rings (SSSR count). The molecule has 0 aromatic carbocycles. The Bertz CT molecular complexity index is 315. The van der Waals surface area contributed by atoms with Crippen molar-refractivity contribution in [1.82, 2.24) is 0 Å². The Morgan fingerprint density at radius 3 is 2.06 bits per heavy atom. The lowest BCUT2D eigenvalue weighted by Crippen LogP contribution is -2.44. The highest BCUT2D eigenvalue weighted by Crippen LogP contribution is 2.47. The van der Waals surface area contributed by atoms with Gasteiger partial charge in [0.2, 0.25) is 5.67 Å². The van der Waals surface area contributed by atoms with E-state index in [1.165, 1.54) is 13.8 Å². The molecule has 0 aliphatic heterocycles. The van der Waals surface area contributed by atoms with Gasteiger partial charge in [0.25, 0.3) is 0 Å². The van der Waals surface area contributed by atoms with Gasteiger partial charge < -0.3 is 5.11 Å². The number of hydrogen-bond acceptors (Lipinski definition) is 1. The van der Waals surface area contributed by atoms with Crippen LogP contribution in [-0.2, 0) is 4.79 Å². The van der Waals surface area contributed by atoms with E-state index in [2.05, 4.69) is 0 Å². The molecule has 0 heterocycles. The monoisotopic (exact) mass is 270 g/mol. The van der Waals surface area contributed by atoms with Gasteiger partial charge in [-0.25, -0.2) is 4.39 Å². The molecule has 0 atom stereocenters.